The van der Waals surface area contributed by atoms with Crippen LogP contribution in [0.25, 0.3) is 0 Å². The number of benzene rings is 1. The van der Waals surface area contributed by atoms with E-state index in [9.17, 15) is 4.39 Å². The van der Waals surface area contributed by atoms with Gasteiger partial charge < -0.3 is 5.32 Å². The van der Waals surface area contributed by atoms with Gasteiger partial charge in [0, 0.05) is 30.7 Å². The number of nitrogens with zero attached hydrogens (tertiary/aromatic N) is 1. The second-order valence-corrected chi connectivity index (χ2v) is 6.57. The molecule has 1 aliphatic rings. The van der Waals surface area contributed by atoms with Gasteiger partial charge in [-0.25, -0.2) is 4.39 Å². The van der Waals surface area contributed by atoms with Crippen molar-refractivity contribution in [3.8, 4) is 0 Å². The van der Waals surface area contributed by atoms with Gasteiger partial charge in [-0.15, -0.1) is 0 Å². The quantitative estimate of drug-likeness (QED) is 0.902. The summed E-state index contributed by atoms with van der Waals surface area (Å²) < 4.78 is 13.3. The Kier molecular flexibility index (Phi) is 3.98. The molecule has 1 N–H and O–H groups in total. The third-order valence-electron chi connectivity index (χ3n) is 4.32. The first-order valence-electron chi connectivity index (χ1n) is 7.09. The number of piperazine rings is 1. The summed E-state index contributed by atoms with van der Waals surface area (Å²) in [7, 11) is 0. The normalized spacial score (nSPS) is 27.4. The van der Waals surface area contributed by atoms with Crippen LogP contribution in [-0.2, 0) is 6.54 Å². The van der Waals surface area contributed by atoms with Gasteiger partial charge >= 0.3 is 0 Å². The van der Waals surface area contributed by atoms with Gasteiger partial charge in [-0.3, -0.25) is 4.90 Å². The van der Waals surface area contributed by atoms with Gasteiger partial charge in [0.2, 0.25) is 0 Å². The van der Waals surface area contributed by atoms with Crippen molar-refractivity contribution in [3.63, 3.8) is 0 Å². The molecule has 1 unspecified atom stereocenters. The predicted octanol–water partition coefficient (Wildman–Crippen LogP) is 3.18. The van der Waals surface area contributed by atoms with Crippen LogP contribution in [-0.4, -0.2) is 29.1 Å². The average Bonchev–Trinajstić information content (AvgIpc) is 2.34. The van der Waals surface area contributed by atoms with Crippen LogP contribution >= 0.6 is 0 Å². The summed E-state index contributed by atoms with van der Waals surface area (Å²) in [4.78, 5) is 2.48. The van der Waals surface area contributed by atoms with Crippen molar-refractivity contribution in [2.45, 2.75) is 51.7 Å². The lowest BCUT2D eigenvalue weighted by atomic mass is 9.87. The SMILES string of the molecule is CCC1(C)CNC(C)(C)CN1Cc1cccc(F)c1. The van der Waals surface area contributed by atoms with Crippen molar-refractivity contribution in [2.75, 3.05) is 13.1 Å². The maximum absolute atomic E-state index is 13.3. The van der Waals surface area contributed by atoms with E-state index in [0.29, 0.717) is 0 Å². The van der Waals surface area contributed by atoms with Crippen molar-refractivity contribution < 1.29 is 4.39 Å². The molecule has 1 aromatic carbocycles. The summed E-state index contributed by atoms with van der Waals surface area (Å²) >= 11 is 0. The van der Waals surface area contributed by atoms with Crippen LogP contribution in [0.4, 0.5) is 4.39 Å². The number of rotatable bonds is 3. The molecule has 2 rings (SSSR count). The minimum Gasteiger partial charge on any atom is -0.309 e. The van der Waals surface area contributed by atoms with Gasteiger partial charge in [-0.2, -0.15) is 0 Å². The second kappa shape index (κ2) is 5.22. The third kappa shape index (κ3) is 3.34. The molecule has 0 aliphatic carbocycles. The molecule has 19 heavy (non-hydrogen) atoms. The molecule has 0 radical (unpaired) electrons. The Morgan fingerprint density at radius 3 is 2.68 bits per heavy atom. The highest BCUT2D eigenvalue weighted by atomic mass is 19.1. The second-order valence-electron chi connectivity index (χ2n) is 6.57. The van der Waals surface area contributed by atoms with E-state index in [1.54, 1.807) is 12.1 Å². The van der Waals surface area contributed by atoms with E-state index in [1.165, 1.54) is 6.07 Å². The van der Waals surface area contributed by atoms with E-state index in [2.05, 4.69) is 37.9 Å². The van der Waals surface area contributed by atoms with E-state index < -0.39 is 0 Å². The number of halogens is 1. The zero-order chi connectivity index (χ0) is 14.1. The average molecular weight is 264 g/mol. The lowest BCUT2D eigenvalue weighted by molar-refractivity contribution is 0.0174. The van der Waals surface area contributed by atoms with Gasteiger partial charge in [0.15, 0.2) is 0 Å². The van der Waals surface area contributed by atoms with E-state index >= 15 is 0 Å². The molecule has 1 heterocycles. The zero-order valence-electron chi connectivity index (χ0n) is 12.5. The molecule has 1 fully saturated rings. The van der Waals surface area contributed by atoms with Gasteiger partial charge in [0.05, 0.1) is 0 Å². The van der Waals surface area contributed by atoms with Crippen LogP contribution in [0.1, 0.15) is 39.7 Å². The standard InChI is InChI=1S/C16H25FN2/c1-5-16(4)11-18-15(2,3)12-19(16)10-13-7-6-8-14(17)9-13/h6-9,18H,5,10-12H2,1-4H3. The molecule has 0 aromatic heterocycles. The highest BCUT2D eigenvalue weighted by molar-refractivity contribution is 5.17. The fourth-order valence-corrected chi connectivity index (χ4v) is 2.72. The van der Waals surface area contributed by atoms with Crippen LogP contribution in [0.15, 0.2) is 24.3 Å². The molecule has 0 spiro atoms. The Bertz CT molecular complexity index is 444. The van der Waals surface area contributed by atoms with Gasteiger partial charge in [0.1, 0.15) is 5.82 Å². The van der Waals surface area contributed by atoms with Crippen LogP contribution in [0.3, 0.4) is 0 Å². The zero-order valence-corrected chi connectivity index (χ0v) is 12.5. The molecule has 0 saturated carbocycles. The van der Waals surface area contributed by atoms with Gasteiger partial charge in [-0.05, 0) is 44.9 Å². The third-order valence-corrected chi connectivity index (χ3v) is 4.32. The molecule has 1 aliphatic heterocycles. The van der Waals surface area contributed by atoms with E-state index in [1.807, 2.05) is 6.07 Å². The molecular weight excluding hydrogens is 239 g/mol. The van der Waals surface area contributed by atoms with Crippen LogP contribution in [0, 0.1) is 5.82 Å². The van der Waals surface area contributed by atoms with Gasteiger partial charge in [0.25, 0.3) is 0 Å². The predicted molar refractivity (Wildman–Crippen MR) is 77.6 cm³/mol. The number of hydrogen-bond acceptors (Lipinski definition) is 2. The van der Waals surface area contributed by atoms with Gasteiger partial charge in [-0.1, -0.05) is 19.1 Å². The molecule has 1 atom stereocenters. The fourth-order valence-electron chi connectivity index (χ4n) is 2.72. The summed E-state index contributed by atoms with van der Waals surface area (Å²) in [5.74, 6) is -0.148. The van der Waals surface area contributed by atoms with Crippen molar-refractivity contribution in [1.82, 2.24) is 10.2 Å². The monoisotopic (exact) mass is 264 g/mol. The maximum Gasteiger partial charge on any atom is 0.123 e. The molecule has 0 amide bonds. The van der Waals surface area contributed by atoms with Crippen molar-refractivity contribution >= 4 is 0 Å². The van der Waals surface area contributed by atoms with E-state index in [-0.39, 0.29) is 16.9 Å². The van der Waals surface area contributed by atoms with Crippen molar-refractivity contribution in [3.05, 3.63) is 35.6 Å². The Hall–Kier alpha value is -0.930. The van der Waals surface area contributed by atoms with Crippen molar-refractivity contribution in [2.24, 2.45) is 0 Å². The summed E-state index contributed by atoms with van der Waals surface area (Å²) in [6.45, 7) is 11.7. The molecule has 2 nitrogen and oxygen atoms in total. The topological polar surface area (TPSA) is 15.3 Å². The summed E-state index contributed by atoms with van der Waals surface area (Å²) in [5.41, 5.74) is 1.31. The molecule has 0 bridgehead atoms. The van der Waals surface area contributed by atoms with E-state index in [0.717, 1.165) is 31.6 Å². The molecular formula is C16H25FN2. The fraction of sp³-hybridized carbons (Fsp3) is 0.625. The number of hydrogen-bond donors (Lipinski definition) is 1. The highest BCUT2D eigenvalue weighted by Gasteiger charge is 2.39. The van der Waals surface area contributed by atoms with E-state index in [4.69, 9.17) is 0 Å². The largest absolute Gasteiger partial charge is 0.309 e. The Balaban J connectivity index is 2.19. The Morgan fingerprint density at radius 2 is 2.05 bits per heavy atom. The first-order chi connectivity index (χ1) is 8.85. The minimum atomic E-state index is -0.148. The first kappa shape index (κ1) is 14.5. The van der Waals surface area contributed by atoms with Crippen LogP contribution in [0.5, 0.6) is 0 Å². The van der Waals surface area contributed by atoms with Crippen LogP contribution in [0.2, 0.25) is 0 Å². The lowest BCUT2D eigenvalue weighted by Crippen LogP contribution is -2.66. The smallest absolute Gasteiger partial charge is 0.123 e. The molecule has 1 saturated heterocycles. The maximum atomic E-state index is 13.3. The molecule has 3 heteroatoms. The molecule has 106 valence electrons. The summed E-state index contributed by atoms with van der Waals surface area (Å²) in [6.07, 6.45) is 1.09. The minimum absolute atomic E-state index is 0.113. The summed E-state index contributed by atoms with van der Waals surface area (Å²) in [5, 5.41) is 3.61. The van der Waals surface area contributed by atoms with Crippen molar-refractivity contribution in [1.29, 1.82) is 0 Å². The number of nitrogens with one attached hydrogen (secondary N) is 1. The lowest BCUT2D eigenvalue weighted by Gasteiger charge is -2.51. The Labute approximate surface area is 116 Å². The Morgan fingerprint density at radius 1 is 1.32 bits per heavy atom. The summed E-state index contributed by atoms with van der Waals surface area (Å²) in [6, 6.07) is 6.95. The first-order valence-corrected chi connectivity index (χ1v) is 7.09. The molecule has 1 aromatic rings. The highest BCUT2D eigenvalue weighted by Crippen LogP contribution is 2.28. The van der Waals surface area contributed by atoms with Crippen LogP contribution < -0.4 is 5.32 Å².